The van der Waals surface area contributed by atoms with Crippen molar-refractivity contribution in [3.8, 4) is 11.4 Å². The Labute approximate surface area is 107 Å². The van der Waals surface area contributed by atoms with Gasteiger partial charge in [0.2, 0.25) is 0 Å². The average Bonchev–Trinajstić information content (AvgIpc) is 2.87. The number of aryl methyl sites for hydroxylation is 1. The fourth-order valence-corrected chi connectivity index (χ4v) is 1.61. The summed E-state index contributed by atoms with van der Waals surface area (Å²) < 4.78 is 7.47. The Morgan fingerprint density at radius 1 is 1.22 bits per heavy atom. The van der Waals surface area contributed by atoms with Crippen LogP contribution in [0.2, 0.25) is 0 Å². The third-order valence-corrected chi connectivity index (χ3v) is 2.84. The number of nitrogens with zero attached hydrogens (tertiary/aromatic N) is 4. The van der Waals surface area contributed by atoms with E-state index in [2.05, 4.69) is 29.4 Å². The second-order valence-corrected chi connectivity index (χ2v) is 4.19. The maximum absolute atomic E-state index is 5.73. The summed E-state index contributed by atoms with van der Waals surface area (Å²) in [4.78, 5) is 0. The van der Waals surface area contributed by atoms with E-state index in [0.29, 0.717) is 0 Å². The molecule has 0 fully saturated rings. The Hall–Kier alpha value is -1.91. The molecular formula is C13H18N4O. The Morgan fingerprint density at radius 3 is 2.56 bits per heavy atom. The van der Waals surface area contributed by atoms with Gasteiger partial charge in [-0.1, -0.05) is 13.8 Å². The maximum atomic E-state index is 5.73. The van der Waals surface area contributed by atoms with Crippen molar-refractivity contribution in [2.45, 2.75) is 39.7 Å². The van der Waals surface area contributed by atoms with Crippen LogP contribution in [-0.2, 0) is 6.42 Å². The van der Waals surface area contributed by atoms with Crippen LogP contribution in [0, 0.1) is 0 Å². The summed E-state index contributed by atoms with van der Waals surface area (Å²) in [5.74, 6) is 1.73. The number of rotatable bonds is 5. The maximum Gasteiger partial charge on any atom is 0.156 e. The van der Waals surface area contributed by atoms with Crippen LogP contribution in [0.1, 0.15) is 33.0 Å². The topological polar surface area (TPSA) is 52.8 Å². The van der Waals surface area contributed by atoms with E-state index in [1.807, 2.05) is 31.2 Å². The SMILES string of the molecule is CCc1nnnn1-c1ccc(OC(C)CC)cc1. The molecule has 1 aromatic carbocycles. The van der Waals surface area contributed by atoms with E-state index in [4.69, 9.17) is 4.74 Å². The molecule has 0 saturated heterocycles. The summed E-state index contributed by atoms with van der Waals surface area (Å²) in [6, 6.07) is 7.83. The van der Waals surface area contributed by atoms with Crippen molar-refractivity contribution in [3.05, 3.63) is 30.1 Å². The second-order valence-electron chi connectivity index (χ2n) is 4.19. The molecule has 0 aliphatic heterocycles. The third-order valence-electron chi connectivity index (χ3n) is 2.84. The van der Waals surface area contributed by atoms with Gasteiger partial charge in [0, 0.05) is 6.42 Å². The highest BCUT2D eigenvalue weighted by molar-refractivity contribution is 5.37. The van der Waals surface area contributed by atoms with Crippen LogP contribution < -0.4 is 4.74 Å². The van der Waals surface area contributed by atoms with Gasteiger partial charge in [-0.15, -0.1) is 5.10 Å². The predicted octanol–water partition coefficient (Wildman–Crippen LogP) is 2.40. The number of ether oxygens (including phenoxy) is 1. The third kappa shape index (κ3) is 2.67. The van der Waals surface area contributed by atoms with Crippen LogP contribution in [-0.4, -0.2) is 26.3 Å². The van der Waals surface area contributed by atoms with Gasteiger partial charge in [0.15, 0.2) is 5.82 Å². The summed E-state index contributed by atoms with van der Waals surface area (Å²) in [5.41, 5.74) is 0.952. The normalized spacial score (nSPS) is 12.4. The summed E-state index contributed by atoms with van der Waals surface area (Å²) in [7, 11) is 0. The van der Waals surface area contributed by atoms with E-state index in [1.54, 1.807) is 4.68 Å². The van der Waals surface area contributed by atoms with Crippen molar-refractivity contribution in [2.75, 3.05) is 0 Å². The zero-order valence-corrected chi connectivity index (χ0v) is 11.0. The van der Waals surface area contributed by atoms with Gasteiger partial charge in [0.1, 0.15) is 5.75 Å². The monoisotopic (exact) mass is 246 g/mol. The molecule has 2 rings (SSSR count). The molecule has 0 bridgehead atoms. The molecule has 0 aliphatic rings. The fourth-order valence-electron chi connectivity index (χ4n) is 1.61. The molecule has 0 radical (unpaired) electrons. The molecule has 5 heteroatoms. The smallest absolute Gasteiger partial charge is 0.156 e. The molecule has 0 N–H and O–H groups in total. The predicted molar refractivity (Wildman–Crippen MR) is 68.9 cm³/mol. The van der Waals surface area contributed by atoms with Gasteiger partial charge in [0.25, 0.3) is 0 Å². The molecule has 2 aromatic rings. The first kappa shape index (κ1) is 12.5. The summed E-state index contributed by atoms with van der Waals surface area (Å²) in [5, 5.41) is 11.6. The van der Waals surface area contributed by atoms with Crippen LogP contribution in [0.15, 0.2) is 24.3 Å². The van der Waals surface area contributed by atoms with E-state index in [0.717, 1.165) is 30.1 Å². The van der Waals surface area contributed by atoms with Crippen LogP contribution in [0.5, 0.6) is 5.75 Å². The van der Waals surface area contributed by atoms with E-state index in [1.165, 1.54) is 0 Å². The van der Waals surface area contributed by atoms with Crippen molar-refractivity contribution in [1.29, 1.82) is 0 Å². The van der Waals surface area contributed by atoms with Crippen molar-refractivity contribution >= 4 is 0 Å². The number of tetrazole rings is 1. The van der Waals surface area contributed by atoms with Crippen LogP contribution in [0.25, 0.3) is 5.69 Å². The molecule has 1 atom stereocenters. The Morgan fingerprint density at radius 2 is 1.94 bits per heavy atom. The zero-order chi connectivity index (χ0) is 13.0. The standard InChI is InChI=1S/C13H18N4O/c1-4-10(3)18-12-8-6-11(7-9-12)17-13(5-2)14-15-16-17/h6-10H,4-5H2,1-3H3. The lowest BCUT2D eigenvalue weighted by molar-refractivity contribution is 0.217. The Balaban J connectivity index is 2.17. The van der Waals surface area contributed by atoms with Gasteiger partial charge in [0.05, 0.1) is 11.8 Å². The van der Waals surface area contributed by atoms with E-state index in [9.17, 15) is 0 Å². The highest BCUT2D eigenvalue weighted by Crippen LogP contribution is 2.17. The van der Waals surface area contributed by atoms with Gasteiger partial charge >= 0.3 is 0 Å². The van der Waals surface area contributed by atoms with Gasteiger partial charge < -0.3 is 4.74 Å². The van der Waals surface area contributed by atoms with Gasteiger partial charge in [-0.3, -0.25) is 0 Å². The first-order chi connectivity index (χ1) is 8.74. The van der Waals surface area contributed by atoms with Gasteiger partial charge in [-0.05, 0) is 48.0 Å². The zero-order valence-electron chi connectivity index (χ0n) is 11.0. The van der Waals surface area contributed by atoms with Gasteiger partial charge in [-0.2, -0.15) is 4.68 Å². The summed E-state index contributed by atoms with van der Waals surface area (Å²) in [6.45, 7) is 6.20. The van der Waals surface area contributed by atoms with Gasteiger partial charge in [-0.25, -0.2) is 0 Å². The molecular weight excluding hydrogens is 228 g/mol. The highest BCUT2D eigenvalue weighted by atomic mass is 16.5. The van der Waals surface area contributed by atoms with E-state index in [-0.39, 0.29) is 6.10 Å². The summed E-state index contributed by atoms with van der Waals surface area (Å²) >= 11 is 0. The first-order valence-corrected chi connectivity index (χ1v) is 6.29. The van der Waals surface area contributed by atoms with Crippen molar-refractivity contribution in [2.24, 2.45) is 0 Å². The molecule has 0 amide bonds. The number of benzene rings is 1. The minimum atomic E-state index is 0.232. The van der Waals surface area contributed by atoms with Crippen LogP contribution >= 0.6 is 0 Å². The molecule has 18 heavy (non-hydrogen) atoms. The van der Waals surface area contributed by atoms with Crippen molar-refractivity contribution < 1.29 is 4.74 Å². The minimum Gasteiger partial charge on any atom is -0.491 e. The van der Waals surface area contributed by atoms with E-state index < -0.39 is 0 Å². The van der Waals surface area contributed by atoms with Crippen LogP contribution in [0.3, 0.4) is 0 Å². The molecule has 0 aliphatic carbocycles. The number of hydrogen-bond acceptors (Lipinski definition) is 4. The molecule has 5 nitrogen and oxygen atoms in total. The van der Waals surface area contributed by atoms with Crippen LogP contribution in [0.4, 0.5) is 0 Å². The highest BCUT2D eigenvalue weighted by Gasteiger charge is 2.06. The summed E-state index contributed by atoms with van der Waals surface area (Å²) in [6.07, 6.45) is 2.03. The molecule has 1 unspecified atom stereocenters. The quantitative estimate of drug-likeness (QED) is 0.813. The average molecular weight is 246 g/mol. The molecule has 96 valence electrons. The molecule has 0 saturated carbocycles. The van der Waals surface area contributed by atoms with Crippen molar-refractivity contribution in [1.82, 2.24) is 20.2 Å². The number of hydrogen-bond donors (Lipinski definition) is 0. The molecule has 1 heterocycles. The number of aromatic nitrogens is 4. The lowest BCUT2D eigenvalue weighted by Crippen LogP contribution is -2.09. The molecule has 1 aromatic heterocycles. The second kappa shape index (κ2) is 5.62. The lowest BCUT2D eigenvalue weighted by atomic mass is 10.2. The Bertz CT molecular complexity index is 492. The van der Waals surface area contributed by atoms with E-state index >= 15 is 0 Å². The largest absolute Gasteiger partial charge is 0.491 e. The van der Waals surface area contributed by atoms with Crippen molar-refractivity contribution in [3.63, 3.8) is 0 Å². The first-order valence-electron chi connectivity index (χ1n) is 6.29. The molecule has 0 spiro atoms. The fraction of sp³-hybridized carbons (Fsp3) is 0.462. The Kier molecular flexibility index (Phi) is 3.92. The lowest BCUT2D eigenvalue weighted by Gasteiger charge is -2.12. The minimum absolute atomic E-state index is 0.232.